The number of aromatic nitrogens is 4. The van der Waals surface area contributed by atoms with E-state index in [1.165, 1.54) is 22.5 Å². The molecule has 0 aliphatic heterocycles. The van der Waals surface area contributed by atoms with Crippen LogP contribution >= 0.6 is 0 Å². The number of benzene rings is 1. The summed E-state index contributed by atoms with van der Waals surface area (Å²) in [5.74, 6) is 0.822. The van der Waals surface area contributed by atoms with Gasteiger partial charge in [0.2, 0.25) is 0 Å². The van der Waals surface area contributed by atoms with Crippen molar-refractivity contribution in [3.05, 3.63) is 65.2 Å². The van der Waals surface area contributed by atoms with Gasteiger partial charge in [0.1, 0.15) is 0 Å². The van der Waals surface area contributed by atoms with Crippen molar-refractivity contribution in [1.82, 2.24) is 25.1 Å². The van der Waals surface area contributed by atoms with E-state index in [0.29, 0.717) is 6.04 Å². The van der Waals surface area contributed by atoms with E-state index in [2.05, 4.69) is 34.5 Å². The lowest BCUT2D eigenvalue weighted by atomic mass is 9.92. The minimum absolute atomic E-state index is 0.313. The summed E-state index contributed by atoms with van der Waals surface area (Å²) >= 11 is 0. The molecule has 1 aromatic carbocycles. The second-order valence-electron chi connectivity index (χ2n) is 6.67. The lowest BCUT2D eigenvalue weighted by Crippen LogP contribution is -2.26. The standard InChI is InChI=1S/C20H23N5/c1-14-16(12-23-25(14)2)11-21-18-9-6-10-19-17(18)13-22-20(24-19)15-7-4-3-5-8-15/h3-5,7-8,12-13,18,21H,6,9-11H2,1-2H3. The van der Waals surface area contributed by atoms with Crippen molar-refractivity contribution in [2.45, 2.75) is 38.8 Å². The molecule has 4 rings (SSSR count). The Morgan fingerprint density at radius 3 is 2.80 bits per heavy atom. The molecule has 0 saturated heterocycles. The first-order chi connectivity index (χ1) is 12.2. The van der Waals surface area contributed by atoms with Gasteiger partial charge in [0.25, 0.3) is 0 Å². The summed E-state index contributed by atoms with van der Waals surface area (Å²) in [5, 5.41) is 8.00. The van der Waals surface area contributed by atoms with Crippen LogP contribution in [-0.4, -0.2) is 19.7 Å². The summed E-state index contributed by atoms with van der Waals surface area (Å²) in [7, 11) is 1.98. The maximum Gasteiger partial charge on any atom is 0.159 e. The van der Waals surface area contributed by atoms with Crippen molar-refractivity contribution in [3.63, 3.8) is 0 Å². The zero-order valence-corrected chi connectivity index (χ0v) is 14.7. The Hall–Kier alpha value is -2.53. The number of fused-ring (bicyclic) bond motifs is 1. The predicted molar refractivity (Wildman–Crippen MR) is 97.9 cm³/mol. The largest absolute Gasteiger partial charge is 0.306 e. The molecule has 25 heavy (non-hydrogen) atoms. The SMILES string of the molecule is Cc1c(CNC2CCCc3nc(-c4ccccc4)ncc32)cnn1C. The van der Waals surface area contributed by atoms with Crippen LogP contribution in [0.5, 0.6) is 0 Å². The van der Waals surface area contributed by atoms with Gasteiger partial charge in [0.05, 0.1) is 6.20 Å². The molecule has 0 fully saturated rings. The first-order valence-corrected chi connectivity index (χ1v) is 8.84. The summed E-state index contributed by atoms with van der Waals surface area (Å²) in [4.78, 5) is 9.46. The minimum Gasteiger partial charge on any atom is -0.306 e. The van der Waals surface area contributed by atoms with Gasteiger partial charge in [0, 0.05) is 53.9 Å². The molecule has 0 saturated carbocycles. The van der Waals surface area contributed by atoms with Crippen LogP contribution in [0.3, 0.4) is 0 Å². The first-order valence-electron chi connectivity index (χ1n) is 8.84. The second-order valence-corrected chi connectivity index (χ2v) is 6.67. The average molecular weight is 333 g/mol. The molecule has 3 aromatic rings. The van der Waals surface area contributed by atoms with Crippen molar-refractivity contribution >= 4 is 0 Å². The molecule has 1 atom stereocenters. The molecular weight excluding hydrogens is 310 g/mol. The van der Waals surface area contributed by atoms with Gasteiger partial charge >= 0.3 is 0 Å². The second kappa shape index (κ2) is 6.76. The van der Waals surface area contributed by atoms with Gasteiger partial charge in [-0.1, -0.05) is 30.3 Å². The molecule has 0 amide bonds. The molecule has 1 aliphatic carbocycles. The van der Waals surface area contributed by atoms with Crippen molar-refractivity contribution in [1.29, 1.82) is 0 Å². The molecule has 2 heterocycles. The summed E-state index contributed by atoms with van der Waals surface area (Å²) in [6.07, 6.45) is 7.27. The smallest absolute Gasteiger partial charge is 0.159 e. The zero-order chi connectivity index (χ0) is 17.2. The van der Waals surface area contributed by atoms with E-state index >= 15 is 0 Å². The van der Waals surface area contributed by atoms with E-state index in [1.807, 2.05) is 42.3 Å². The van der Waals surface area contributed by atoms with Gasteiger partial charge in [-0.05, 0) is 26.2 Å². The van der Waals surface area contributed by atoms with E-state index in [9.17, 15) is 0 Å². The number of nitrogens with one attached hydrogen (secondary N) is 1. The number of aryl methyl sites for hydroxylation is 2. The highest BCUT2D eigenvalue weighted by molar-refractivity contribution is 5.55. The van der Waals surface area contributed by atoms with Crippen LogP contribution in [0.25, 0.3) is 11.4 Å². The normalized spacial score (nSPS) is 16.6. The third-order valence-corrected chi connectivity index (χ3v) is 5.09. The topological polar surface area (TPSA) is 55.6 Å². The van der Waals surface area contributed by atoms with Gasteiger partial charge in [-0.3, -0.25) is 4.68 Å². The number of hydrogen-bond donors (Lipinski definition) is 1. The Morgan fingerprint density at radius 1 is 1.20 bits per heavy atom. The van der Waals surface area contributed by atoms with Gasteiger partial charge < -0.3 is 5.32 Å². The molecule has 5 nitrogen and oxygen atoms in total. The zero-order valence-electron chi connectivity index (χ0n) is 14.7. The fraction of sp³-hybridized carbons (Fsp3) is 0.350. The van der Waals surface area contributed by atoms with Crippen LogP contribution in [0.4, 0.5) is 0 Å². The van der Waals surface area contributed by atoms with Crippen molar-refractivity contribution in [2.75, 3.05) is 0 Å². The molecule has 1 aliphatic rings. The van der Waals surface area contributed by atoms with Crippen LogP contribution in [-0.2, 0) is 20.0 Å². The van der Waals surface area contributed by atoms with Gasteiger partial charge in [-0.2, -0.15) is 5.10 Å². The summed E-state index contributed by atoms with van der Waals surface area (Å²) in [6, 6.07) is 10.5. The number of nitrogens with zero attached hydrogens (tertiary/aromatic N) is 4. The molecule has 5 heteroatoms. The fourth-order valence-corrected chi connectivity index (χ4v) is 3.44. The molecule has 0 radical (unpaired) electrons. The Kier molecular flexibility index (Phi) is 4.32. The minimum atomic E-state index is 0.313. The quantitative estimate of drug-likeness (QED) is 0.795. The number of hydrogen-bond acceptors (Lipinski definition) is 4. The predicted octanol–water partition coefficient (Wildman–Crippen LogP) is 3.35. The summed E-state index contributed by atoms with van der Waals surface area (Å²) in [6.45, 7) is 2.93. The monoisotopic (exact) mass is 333 g/mol. The van der Waals surface area contributed by atoms with E-state index in [1.54, 1.807) is 0 Å². The van der Waals surface area contributed by atoms with Crippen molar-refractivity contribution < 1.29 is 0 Å². The Labute approximate surface area is 148 Å². The van der Waals surface area contributed by atoms with Gasteiger partial charge in [-0.15, -0.1) is 0 Å². The van der Waals surface area contributed by atoms with Crippen LogP contribution < -0.4 is 5.32 Å². The van der Waals surface area contributed by atoms with Crippen LogP contribution in [0.2, 0.25) is 0 Å². The Bertz CT molecular complexity index is 869. The maximum absolute atomic E-state index is 4.84. The van der Waals surface area contributed by atoms with Gasteiger partial charge in [0.15, 0.2) is 5.82 Å². The maximum atomic E-state index is 4.84. The molecule has 0 bridgehead atoms. The fourth-order valence-electron chi connectivity index (χ4n) is 3.44. The van der Waals surface area contributed by atoms with E-state index in [-0.39, 0.29) is 0 Å². The van der Waals surface area contributed by atoms with E-state index < -0.39 is 0 Å². The van der Waals surface area contributed by atoms with E-state index in [4.69, 9.17) is 4.98 Å². The highest BCUT2D eigenvalue weighted by Gasteiger charge is 2.22. The number of rotatable bonds is 4. The van der Waals surface area contributed by atoms with Crippen LogP contribution in [0.15, 0.2) is 42.7 Å². The van der Waals surface area contributed by atoms with Crippen molar-refractivity contribution in [2.24, 2.45) is 7.05 Å². The molecule has 2 aromatic heterocycles. The molecule has 1 N–H and O–H groups in total. The highest BCUT2D eigenvalue weighted by atomic mass is 15.3. The highest BCUT2D eigenvalue weighted by Crippen LogP contribution is 2.30. The summed E-state index contributed by atoms with van der Waals surface area (Å²) < 4.78 is 1.92. The Balaban J connectivity index is 1.55. The first kappa shape index (κ1) is 16.0. The molecule has 1 unspecified atom stereocenters. The molecular formula is C20H23N5. The third-order valence-electron chi connectivity index (χ3n) is 5.09. The van der Waals surface area contributed by atoms with Crippen molar-refractivity contribution in [3.8, 4) is 11.4 Å². The van der Waals surface area contributed by atoms with E-state index in [0.717, 1.165) is 37.2 Å². The van der Waals surface area contributed by atoms with Crippen LogP contribution in [0.1, 0.15) is 41.4 Å². The lowest BCUT2D eigenvalue weighted by molar-refractivity contribution is 0.451. The average Bonchev–Trinajstić information content (AvgIpc) is 2.98. The van der Waals surface area contributed by atoms with Crippen LogP contribution in [0, 0.1) is 6.92 Å². The molecule has 128 valence electrons. The molecule has 0 spiro atoms. The van der Waals surface area contributed by atoms with Gasteiger partial charge in [-0.25, -0.2) is 9.97 Å². The third kappa shape index (κ3) is 3.20. The Morgan fingerprint density at radius 2 is 2.04 bits per heavy atom. The lowest BCUT2D eigenvalue weighted by Gasteiger charge is -2.25. The summed E-state index contributed by atoms with van der Waals surface area (Å²) in [5.41, 5.74) is 5.95.